The van der Waals surface area contributed by atoms with Crippen LogP contribution in [-0.2, 0) is 10.2 Å². The Labute approximate surface area is 163 Å². The van der Waals surface area contributed by atoms with Gasteiger partial charge in [0.2, 0.25) is 5.91 Å². The van der Waals surface area contributed by atoms with Crippen LogP contribution in [0.5, 0.6) is 0 Å². The highest BCUT2D eigenvalue weighted by molar-refractivity contribution is 6.08. The molecule has 4 rings (SSSR count). The maximum absolute atomic E-state index is 12.9. The molecule has 0 fully saturated rings. The molecule has 3 aromatic carbocycles. The van der Waals surface area contributed by atoms with Gasteiger partial charge < -0.3 is 11.1 Å². The summed E-state index contributed by atoms with van der Waals surface area (Å²) in [6.07, 6.45) is 4.28. The van der Waals surface area contributed by atoms with Crippen LogP contribution in [0.2, 0.25) is 0 Å². The Kier molecular flexibility index (Phi) is 4.53. The van der Waals surface area contributed by atoms with Gasteiger partial charge >= 0.3 is 0 Å². The molecule has 0 aliphatic heterocycles. The number of allylic oxidation sites excluding steroid dienone is 1. The van der Waals surface area contributed by atoms with Gasteiger partial charge in [0.15, 0.2) is 0 Å². The molecule has 2 amide bonds. The third-order valence-corrected chi connectivity index (χ3v) is 5.24. The molecule has 28 heavy (non-hydrogen) atoms. The minimum Gasteiger partial charge on any atom is -0.369 e. The quantitative estimate of drug-likeness (QED) is 0.727. The van der Waals surface area contributed by atoms with Crippen LogP contribution in [0.1, 0.15) is 33.5 Å². The van der Waals surface area contributed by atoms with Crippen LogP contribution >= 0.6 is 0 Å². The van der Waals surface area contributed by atoms with Crippen LogP contribution in [0.3, 0.4) is 0 Å². The minimum absolute atomic E-state index is 0.221. The zero-order chi connectivity index (χ0) is 19.6. The summed E-state index contributed by atoms with van der Waals surface area (Å²) in [5, 5.41) is 2.92. The third kappa shape index (κ3) is 2.89. The average molecular weight is 368 g/mol. The van der Waals surface area contributed by atoms with Gasteiger partial charge in [-0.15, -0.1) is 0 Å². The van der Waals surface area contributed by atoms with E-state index >= 15 is 0 Å². The fourth-order valence-corrected chi connectivity index (χ4v) is 3.87. The Morgan fingerprint density at radius 1 is 0.857 bits per heavy atom. The van der Waals surface area contributed by atoms with Gasteiger partial charge in [-0.05, 0) is 41.3 Å². The number of benzene rings is 3. The molecule has 0 aromatic heterocycles. The number of amides is 2. The second kappa shape index (κ2) is 7.16. The van der Waals surface area contributed by atoms with E-state index in [2.05, 4.69) is 5.32 Å². The van der Waals surface area contributed by atoms with Gasteiger partial charge in [-0.25, -0.2) is 0 Å². The number of rotatable bonds is 4. The molecule has 3 aromatic rings. The van der Waals surface area contributed by atoms with Crippen molar-refractivity contribution in [2.24, 2.45) is 5.73 Å². The summed E-state index contributed by atoms with van der Waals surface area (Å²) in [6, 6.07) is 24.3. The molecule has 1 aliphatic rings. The molecular weight excluding hydrogens is 348 g/mol. The number of hydrogen-bond acceptors (Lipinski definition) is 2. The van der Waals surface area contributed by atoms with Crippen LogP contribution in [0.15, 0.2) is 84.9 Å². The molecule has 4 heteroatoms. The molecule has 0 heterocycles. The summed E-state index contributed by atoms with van der Waals surface area (Å²) in [6.45, 7) is 0. The molecule has 0 spiro atoms. The Morgan fingerprint density at radius 3 is 2.21 bits per heavy atom. The van der Waals surface area contributed by atoms with E-state index in [-0.39, 0.29) is 5.91 Å². The van der Waals surface area contributed by atoms with E-state index in [4.69, 9.17) is 5.73 Å². The fourth-order valence-electron chi connectivity index (χ4n) is 3.87. The smallest absolute Gasteiger partial charge is 0.256 e. The maximum Gasteiger partial charge on any atom is 0.256 e. The summed E-state index contributed by atoms with van der Waals surface area (Å²) in [4.78, 5) is 25.6. The van der Waals surface area contributed by atoms with Crippen LogP contribution in [0, 0.1) is 0 Å². The van der Waals surface area contributed by atoms with Crippen molar-refractivity contribution >= 4 is 23.6 Å². The SMILES string of the molecule is NC(=O)C1(c2ccccc2)CC=Cc2c(C(=O)Nc3ccccc3)cccc21. The lowest BCUT2D eigenvalue weighted by molar-refractivity contribution is -0.122. The second-order valence-corrected chi connectivity index (χ2v) is 6.83. The van der Waals surface area contributed by atoms with Gasteiger partial charge in [0.1, 0.15) is 5.41 Å². The highest BCUT2D eigenvalue weighted by Crippen LogP contribution is 2.42. The van der Waals surface area contributed by atoms with Crippen molar-refractivity contribution in [1.29, 1.82) is 0 Å². The Morgan fingerprint density at radius 2 is 1.54 bits per heavy atom. The number of carbonyl (C=O) groups is 2. The van der Waals surface area contributed by atoms with E-state index < -0.39 is 11.3 Å². The molecule has 4 nitrogen and oxygen atoms in total. The Bertz CT molecular complexity index is 1060. The van der Waals surface area contributed by atoms with Crippen molar-refractivity contribution in [3.8, 4) is 0 Å². The highest BCUT2D eigenvalue weighted by Gasteiger charge is 2.43. The summed E-state index contributed by atoms with van der Waals surface area (Å²) in [5.74, 6) is -0.647. The summed E-state index contributed by atoms with van der Waals surface area (Å²) in [5.41, 5.74) is 8.48. The van der Waals surface area contributed by atoms with Crippen molar-refractivity contribution in [3.05, 3.63) is 107 Å². The van der Waals surface area contributed by atoms with Gasteiger partial charge in [0.05, 0.1) is 0 Å². The molecule has 1 atom stereocenters. The highest BCUT2D eigenvalue weighted by atomic mass is 16.2. The van der Waals surface area contributed by atoms with Crippen molar-refractivity contribution in [2.75, 3.05) is 5.32 Å². The number of fused-ring (bicyclic) bond motifs is 1. The van der Waals surface area contributed by atoms with Crippen molar-refractivity contribution in [3.63, 3.8) is 0 Å². The van der Waals surface area contributed by atoms with Gasteiger partial charge in [-0.2, -0.15) is 0 Å². The van der Waals surface area contributed by atoms with E-state index in [9.17, 15) is 9.59 Å². The van der Waals surface area contributed by atoms with Crippen molar-refractivity contribution in [2.45, 2.75) is 11.8 Å². The minimum atomic E-state index is -0.992. The topological polar surface area (TPSA) is 72.2 Å². The first-order valence-corrected chi connectivity index (χ1v) is 9.15. The zero-order valence-corrected chi connectivity index (χ0v) is 15.3. The van der Waals surface area contributed by atoms with E-state index in [1.807, 2.05) is 78.9 Å². The molecular formula is C24H20N2O2. The number of primary amides is 1. The monoisotopic (exact) mass is 368 g/mol. The van der Waals surface area contributed by atoms with E-state index in [0.717, 1.165) is 16.7 Å². The summed E-state index contributed by atoms with van der Waals surface area (Å²) >= 11 is 0. The molecule has 0 saturated carbocycles. The fraction of sp³-hybridized carbons (Fsp3) is 0.0833. The predicted octanol–water partition coefficient (Wildman–Crippen LogP) is 4.13. The molecule has 1 unspecified atom stereocenters. The standard InChI is InChI=1S/C24H20N2O2/c25-23(28)24(17-9-3-1-4-10-17)16-8-14-19-20(13-7-15-21(19)24)22(27)26-18-11-5-2-6-12-18/h1-15H,16H2,(H2,25,28)(H,26,27). The van der Waals surface area contributed by atoms with E-state index in [0.29, 0.717) is 17.7 Å². The molecule has 138 valence electrons. The number of para-hydroxylation sites is 1. The number of anilines is 1. The lowest BCUT2D eigenvalue weighted by Crippen LogP contribution is -2.43. The summed E-state index contributed by atoms with van der Waals surface area (Å²) in [7, 11) is 0. The molecule has 0 saturated heterocycles. The lowest BCUT2D eigenvalue weighted by atomic mass is 9.67. The average Bonchev–Trinajstić information content (AvgIpc) is 2.74. The van der Waals surface area contributed by atoms with Crippen LogP contribution < -0.4 is 11.1 Å². The Balaban J connectivity index is 1.83. The molecule has 0 bridgehead atoms. The molecule has 0 radical (unpaired) electrons. The Hall–Kier alpha value is -3.66. The number of nitrogens with two attached hydrogens (primary N) is 1. The zero-order valence-electron chi connectivity index (χ0n) is 15.3. The first-order valence-electron chi connectivity index (χ1n) is 9.15. The van der Waals surface area contributed by atoms with E-state index in [1.165, 1.54) is 0 Å². The largest absolute Gasteiger partial charge is 0.369 e. The summed E-state index contributed by atoms with van der Waals surface area (Å²) < 4.78 is 0. The van der Waals surface area contributed by atoms with Gasteiger partial charge in [-0.3, -0.25) is 9.59 Å². The number of nitrogens with one attached hydrogen (secondary N) is 1. The van der Waals surface area contributed by atoms with Crippen molar-refractivity contribution < 1.29 is 9.59 Å². The van der Waals surface area contributed by atoms with Crippen LogP contribution in [0.25, 0.3) is 6.08 Å². The van der Waals surface area contributed by atoms with Gasteiger partial charge in [-0.1, -0.05) is 72.8 Å². The second-order valence-electron chi connectivity index (χ2n) is 6.83. The number of hydrogen-bond donors (Lipinski definition) is 2. The first kappa shape index (κ1) is 17.7. The third-order valence-electron chi connectivity index (χ3n) is 5.24. The van der Waals surface area contributed by atoms with Crippen LogP contribution in [-0.4, -0.2) is 11.8 Å². The normalized spacial score (nSPS) is 17.6. The van der Waals surface area contributed by atoms with Gasteiger partial charge in [0, 0.05) is 11.3 Å². The van der Waals surface area contributed by atoms with Crippen molar-refractivity contribution in [1.82, 2.24) is 0 Å². The number of carbonyl (C=O) groups excluding carboxylic acids is 2. The molecule has 3 N–H and O–H groups in total. The lowest BCUT2D eigenvalue weighted by Gasteiger charge is -2.35. The van der Waals surface area contributed by atoms with E-state index in [1.54, 1.807) is 12.1 Å². The predicted molar refractivity (Wildman–Crippen MR) is 111 cm³/mol. The van der Waals surface area contributed by atoms with Crippen LogP contribution in [0.4, 0.5) is 5.69 Å². The van der Waals surface area contributed by atoms with Gasteiger partial charge in [0.25, 0.3) is 5.91 Å². The molecule has 1 aliphatic carbocycles. The first-order chi connectivity index (χ1) is 13.6. The maximum atomic E-state index is 12.9.